The molecule has 0 spiro atoms. The molecule has 60 valence electrons. The number of nitrogens with one attached hydrogen (secondary N) is 2. The Morgan fingerprint density at radius 2 is 1.22 bits per heavy atom. The van der Waals surface area contributed by atoms with Gasteiger partial charge in [-0.05, 0) is 13.1 Å². The molecule has 0 rings (SSSR count). The monoisotopic (exact) mass is 311 g/mol. The maximum atomic E-state index is 3.22. The molecule has 0 aliphatic heterocycles. The fourth-order valence-electron chi connectivity index (χ4n) is 0.530. The van der Waals surface area contributed by atoms with Crippen molar-refractivity contribution in [1.29, 1.82) is 0 Å². The van der Waals surface area contributed by atoms with Crippen molar-refractivity contribution in [2.45, 2.75) is 13.8 Å². The summed E-state index contributed by atoms with van der Waals surface area (Å²) in [5.74, 6) is 0. The van der Waals surface area contributed by atoms with Crippen LogP contribution in [0.2, 0.25) is 0 Å². The van der Waals surface area contributed by atoms with E-state index >= 15 is 0 Å². The average molecular weight is 311 g/mol. The van der Waals surface area contributed by atoms with Crippen LogP contribution in [0.4, 0.5) is 0 Å². The summed E-state index contributed by atoms with van der Waals surface area (Å²) in [7, 11) is 0. The second kappa shape index (κ2) is 11.4. The first kappa shape index (κ1) is 12.3. The van der Waals surface area contributed by atoms with Crippen molar-refractivity contribution >= 4 is 0 Å². The van der Waals surface area contributed by atoms with Crippen LogP contribution in [0, 0.1) is 0 Å². The molecule has 2 N–H and O–H groups in total. The Kier molecular flexibility index (Phi) is 15.6. The Balaban J connectivity index is 0. The fourth-order valence-corrected chi connectivity index (χ4v) is 0.530. The predicted molar refractivity (Wildman–Crippen MR) is 37.1 cm³/mol. The van der Waals surface area contributed by atoms with Crippen molar-refractivity contribution in [3.8, 4) is 0 Å². The van der Waals surface area contributed by atoms with Crippen LogP contribution < -0.4 is 10.6 Å². The quantitative estimate of drug-likeness (QED) is 0.709. The van der Waals surface area contributed by atoms with E-state index in [1.165, 1.54) is 0 Å². The third kappa shape index (κ3) is 12.0. The molecule has 0 amide bonds. The van der Waals surface area contributed by atoms with Crippen LogP contribution in [0.25, 0.3) is 0 Å². The summed E-state index contributed by atoms with van der Waals surface area (Å²) < 4.78 is 0. The van der Waals surface area contributed by atoms with Gasteiger partial charge < -0.3 is 10.6 Å². The average Bonchev–Trinajstić information content (AvgIpc) is 1.81. The Morgan fingerprint density at radius 3 is 1.44 bits per heavy atom. The first-order valence-electron chi connectivity index (χ1n) is 3.33. The van der Waals surface area contributed by atoms with Gasteiger partial charge in [-0.3, -0.25) is 0 Å². The number of likely N-dealkylation sites (N-methyl/N-ethyl adjacent to an activating group) is 2. The zero-order chi connectivity index (χ0) is 6.24. The second-order valence-electron chi connectivity index (χ2n) is 1.71. The second-order valence-corrected chi connectivity index (χ2v) is 1.71. The Morgan fingerprint density at radius 1 is 0.889 bits per heavy atom. The van der Waals surface area contributed by atoms with Crippen molar-refractivity contribution in [3.63, 3.8) is 0 Å². The van der Waals surface area contributed by atoms with Crippen molar-refractivity contribution < 1.29 is 21.1 Å². The van der Waals surface area contributed by atoms with Gasteiger partial charge in [0.25, 0.3) is 0 Å². The molecule has 9 heavy (non-hydrogen) atoms. The largest absolute Gasteiger partial charge is 0.316 e. The van der Waals surface area contributed by atoms with E-state index in [4.69, 9.17) is 0 Å². The van der Waals surface area contributed by atoms with Crippen molar-refractivity contribution in [3.05, 3.63) is 0 Å². The van der Waals surface area contributed by atoms with Gasteiger partial charge in [-0.25, -0.2) is 0 Å². The van der Waals surface area contributed by atoms with Gasteiger partial charge in [0.1, 0.15) is 0 Å². The van der Waals surface area contributed by atoms with Gasteiger partial charge in [0.2, 0.25) is 0 Å². The zero-order valence-electron chi connectivity index (χ0n) is 6.14. The van der Waals surface area contributed by atoms with Crippen LogP contribution in [0.5, 0.6) is 0 Å². The molecule has 0 radical (unpaired) electrons. The van der Waals surface area contributed by atoms with Gasteiger partial charge in [0.05, 0.1) is 0 Å². The van der Waals surface area contributed by atoms with E-state index in [0.717, 1.165) is 26.2 Å². The molecule has 0 aliphatic carbocycles. The van der Waals surface area contributed by atoms with Gasteiger partial charge in [-0.1, -0.05) is 13.8 Å². The van der Waals surface area contributed by atoms with Crippen molar-refractivity contribution in [1.82, 2.24) is 10.6 Å². The minimum absolute atomic E-state index is 0. The number of rotatable bonds is 5. The van der Waals surface area contributed by atoms with Gasteiger partial charge in [-0.15, -0.1) is 0 Å². The van der Waals surface area contributed by atoms with Crippen LogP contribution >= 0.6 is 0 Å². The van der Waals surface area contributed by atoms with Gasteiger partial charge in [-0.2, -0.15) is 0 Å². The predicted octanol–water partition coefficient (Wildman–Crippen LogP) is 0.203. The molecule has 2 nitrogen and oxygen atoms in total. The van der Waals surface area contributed by atoms with E-state index in [1.807, 2.05) is 0 Å². The molecule has 0 aromatic heterocycles. The standard InChI is InChI=1S/C6H16N2.Pt/c1-3-7-5-6-8-4-2;/h7-8H,3-6H2,1-2H3;. The summed E-state index contributed by atoms with van der Waals surface area (Å²) in [5.41, 5.74) is 0. The van der Waals surface area contributed by atoms with Crippen molar-refractivity contribution in [2.75, 3.05) is 26.2 Å². The van der Waals surface area contributed by atoms with Crippen molar-refractivity contribution in [2.24, 2.45) is 0 Å². The summed E-state index contributed by atoms with van der Waals surface area (Å²) in [5, 5.41) is 6.44. The summed E-state index contributed by atoms with van der Waals surface area (Å²) in [6.45, 7) is 8.56. The topological polar surface area (TPSA) is 24.1 Å². The zero-order valence-corrected chi connectivity index (χ0v) is 8.42. The first-order chi connectivity index (χ1) is 3.91. The molecular weight excluding hydrogens is 295 g/mol. The smallest absolute Gasteiger partial charge is 0.00766 e. The van der Waals surface area contributed by atoms with Crippen LogP contribution in [0.3, 0.4) is 0 Å². The van der Waals surface area contributed by atoms with E-state index < -0.39 is 0 Å². The Labute approximate surface area is 72.1 Å². The minimum Gasteiger partial charge on any atom is -0.316 e. The minimum atomic E-state index is 0. The Hall–Kier alpha value is 0.608. The number of hydrogen-bond acceptors (Lipinski definition) is 2. The molecule has 0 atom stereocenters. The molecule has 0 aromatic rings. The van der Waals surface area contributed by atoms with Crippen LogP contribution in [-0.4, -0.2) is 26.2 Å². The van der Waals surface area contributed by atoms with Gasteiger partial charge >= 0.3 is 0 Å². The maximum Gasteiger partial charge on any atom is 0.00766 e. The SMILES string of the molecule is CCNCCNCC.[Pt]. The molecular formula is C6H16N2Pt. The van der Waals surface area contributed by atoms with Crippen LogP contribution in [0.15, 0.2) is 0 Å². The summed E-state index contributed by atoms with van der Waals surface area (Å²) in [6.07, 6.45) is 0. The molecule has 3 heteroatoms. The third-order valence-electron chi connectivity index (χ3n) is 0.979. The molecule has 0 fully saturated rings. The molecule has 0 saturated heterocycles. The molecule has 0 unspecified atom stereocenters. The van der Waals surface area contributed by atoms with E-state index in [0.29, 0.717) is 0 Å². The molecule has 0 aliphatic rings. The van der Waals surface area contributed by atoms with Gasteiger partial charge in [0, 0.05) is 34.2 Å². The third-order valence-corrected chi connectivity index (χ3v) is 0.979. The molecule has 0 bridgehead atoms. The maximum absolute atomic E-state index is 3.22. The number of hydrogen-bond donors (Lipinski definition) is 2. The summed E-state index contributed by atoms with van der Waals surface area (Å²) >= 11 is 0. The first-order valence-corrected chi connectivity index (χ1v) is 3.33. The van der Waals surface area contributed by atoms with E-state index in [1.54, 1.807) is 0 Å². The Bertz CT molecular complexity index is 36.0. The molecule has 0 heterocycles. The molecule has 0 saturated carbocycles. The van der Waals surface area contributed by atoms with E-state index in [9.17, 15) is 0 Å². The normalized spacial score (nSPS) is 8.67. The van der Waals surface area contributed by atoms with Crippen LogP contribution in [0.1, 0.15) is 13.8 Å². The summed E-state index contributed by atoms with van der Waals surface area (Å²) in [6, 6.07) is 0. The van der Waals surface area contributed by atoms with Crippen LogP contribution in [-0.2, 0) is 21.1 Å². The van der Waals surface area contributed by atoms with E-state index in [2.05, 4.69) is 24.5 Å². The summed E-state index contributed by atoms with van der Waals surface area (Å²) in [4.78, 5) is 0. The van der Waals surface area contributed by atoms with E-state index in [-0.39, 0.29) is 21.1 Å². The fraction of sp³-hybridized carbons (Fsp3) is 1.00. The van der Waals surface area contributed by atoms with Gasteiger partial charge in [0.15, 0.2) is 0 Å². The molecule has 0 aromatic carbocycles.